The van der Waals surface area contributed by atoms with Crippen LogP contribution in [0.1, 0.15) is 6.42 Å². The molecule has 3 rings (SSSR count). The normalized spacial score (nSPS) is 30.7. The Morgan fingerprint density at radius 1 is 1.29 bits per heavy atom. The smallest absolute Gasteiger partial charge is 0.115 e. The lowest BCUT2D eigenvalue weighted by molar-refractivity contribution is 0.474. The molecule has 0 spiro atoms. The summed E-state index contributed by atoms with van der Waals surface area (Å²) in [6, 6.07) is 0.675. The topological polar surface area (TPSA) is 41.1 Å². The SMILES string of the molecule is c1ncc(N2CC3CNC(C3)C2)cn1. The third kappa shape index (κ3) is 1.35. The molecular formula is C10H14N4. The quantitative estimate of drug-likeness (QED) is 0.690. The van der Waals surface area contributed by atoms with Gasteiger partial charge in [0.05, 0.1) is 18.1 Å². The maximum atomic E-state index is 4.06. The zero-order chi connectivity index (χ0) is 9.38. The van der Waals surface area contributed by atoms with E-state index in [0.717, 1.165) is 24.7 Å². The Morgan fingerprint density at radius 2 is 2.14 bits per heavy atom. The highest BCUT2D eigenvalue weighted by atomic mass is 15.2. The Bertz CT molecular complexity index is 301. The maximum Gasteiger partial charge on any atom is 0.115 e. The number of nitrogens with zero attached hydrogens (tertiary/aromatic N) is 3. The molecule has 14 heavy (non-hydrogen) atoms. The van der Waals surface area contributed by atoms with Crippen molar-refractivity contribution in [3.8, 4) is 0 Å². The molecule has 0 saturated carbocycles. The Hall–Kier alpha value is -1.16. The Morgan fingerprint density at radius 3 is 2.93 bits per heavy atom. The number of hydrogen-bond donors (Lipinski definition) is 1. The molecule has 2 bridgehead atoms. The molecule has 0 amide bonds. The minimum absolute atomic E-state index is 0.675. The molecule has 0 aromatic carbocycles. The molecule has 1 aromatic heterocycles. The lowest BCUT2D eigenvalue weighted by atomic mass is 10.00. The molecular weight excluding hydrogens is 176 g/mol. The number of rotatable bonds is 1. The van der Waals surface area contributed by atoms with Gasteiger partial charge in [0, 0.05) is 25.7 Å². The van der Waals surface area contributed by atoms with Crippen molar-refractivity contribution in [3.05, 3.63) is 18.7 Å². The predicted octanol–water partition coefficient (Wildman–Crippen LogP) is 0.275. The van der Waals surface area contributed by atoms with E-state index in [1.807, 2.05) is 12.4 Å². The van der Waals surface area contributed by atoms with Gasteiger partial charge in [0.2, 0.25) is 0 Å². The van der Waals surface area contributed by atoms with Crippen molar-refractivity contribution in [2.45, 2.75) is 12.5 Å². The number of aromatic nitrogens is 2. The van der Waals surface area contributed by atoms with Crippen molar-refractivity contribution in [1.29, 1.82) is 0 Å². The van der Waals surface area contributed by atoms with E-state index < -0.39 is 0 Å². The maximum absolute atomic E-state index is 4.06. The zero-order valence-corrected chi connectivity index (χ0v) is 8.06. The van der Waals surface area contributed by atoms with Crippen LogP contribution >= 0.6 is 0 Å². The number of fused-ring (bicyclic) bond motifs is 2. The molecule has 3 heterocycles. The van der Waals surface area contributed by atoms with Gasteiger partial charge >= 0.3 is 0 Å². The zero-order valence-electron chi connectivity index (χ0n) is 8.06. The molecule has 2 aliphatic heterocycles. The van der Waals surface area contributed by atoms with Crippen LogP contribution in [0.4, 0.5) is 5.69 Å². The van der Waals surface area contributed by atoms with Crippen LogP contribution in [0.3, 0.4) is 0 Å². The highest BCUT2D eigenvalue weighted by molar-refractivity contribution is 5.42. The van der Waals surface area contributed by atoms with E-state index in [1.165, 1.54) is 13.0 Å². The number of hydrogen-bond acceptors (Lipinski definition) is 4. The summed E-state index contributed by atoms with van der Waals surface area (Å²) in [5.41, 5.74) is 1.16. The lowest BCUT2D eigenvalue weighted by Crippen LogP contribution is -2.41. The number of piperidine rings is 1. The van der Waals surface area contributed by atoms with Crippen molar-refractivity contribution >= 4 is 5.69 Å². The first kappa shape index (κ1) is 8.17. The van der Waals surface area contributed by atoms with Crippen molar-refractivity contribution in [2.75, 3.05) is 24.5 Å². The molecule has 2 unspecified atom stereocenters. The van der Waals surface area contributed by atoms with Crippen LogP contribution in [0.25, 0.3) is 0 Å². The van der Waals surface area contributed by atoms with E-state index in [1.54, 1.807) is 6.33 Å². The first-order chi connectivity index (χ1) is 6.92. The lowest BCUT2D eigenvalue weighted by Gasteiger charge is -2.32. The molecule has 2 atom stereocenters. The van der Waals surface area contributed by atoms with E-state index in [4.69, 9.17) is 0 Å². The summed E-state index contributed by atoms with van der Waals surface area (Å²) in [5, 5.41) is 3.54. The van der Waals surface area contributed by atoms with Crippen molar-refractivity contribution in [2.24, 2.45) is 5.92 Å². The minimum atomic E-state index is 0.675. The first-order valence-corrected chi connectivity index (χ1v) is 5.15. The largest absolute Gasteiger partial charge is 0.367 e. The van der Waals surface area contributed by atoms with Crippen molar-refractivity contribution in [3.63, 3.8) is 0 Å². The molecule has 2 fully saturated rings. The molecule has 2 aliphatic rings. The molecule has 0 aliphatic carbocycles. The van der Waals surface area contributed by atoms with E-state index in [0.29, 0.717) is 6.04 Å². The van der Waals surface area contributed by atoms with Crippen LogP contribution in [0.5, 0.6) is 0 Å². The first-order valence-electron chi connectivity index (χ1n) is 5.15. The average molecular weight is 190 g/mol. The van der Waals surface area contributed by atoms with Crippen LogP contribution in [-0.4, -0.2) is 35.6 Å². The highest BCUT2D eigenvalue weighted by Gasteiger charge is 2.32. The summed E-state index contributed by atoms with van der Waals surface area (Å²) < 4.78 is 0. The second-order valence-corrected chi connectivity index (χ2v) is 4.21. The summed E-state index contributed by atoms with van der Waals surface area (Å²) in [6.07, 6.45) is 6.72. The van der Waals surface area contributed by atoms with Crippen LogP contribution in [0.2, 0.25) is 0 Å². The average Bonchev–Trinajstić information content (AvgIpc) is 2.59. The predicted molar refractivity (Wildman–Crippen MR) is 54.1 cm³/mol. The Balaban J connectivity index is 1.81. The summed E-state index contributed by atoms with van der Waals surface area (Å²) in [7, 11) is 0. The third-order valence-electron chi connectivity index (χ3n) is 3.14. The van der Waals surface area contributed by atoms with E-state index in [2.05, 4.69) is 20.2 Å². The minimum Gasteiger partial charge on any atom is -0.367 e. The van der Waals surface area contributed by atoms with Gasteiger partial charge in [-0.3, -0.25) is 0 Å². The van der Waals surface area contributed by atoms with Crippen LogP contribution in [0, 0.1) is 5.92 Å². The van der Waals surface area contributed by atoms with Gasteiger partial charge in [0.25, 0.3) is 0 Å². The van der Waals surface area contributed by atoms with Gasteiger partial charge in [0.15, 0.2) is 0 Å². The molecule has 0 radical (unpaired) electrons. The fourth-order valence-corrected chi connectivity index (χ4v) is 2.50. The summed E-state index contributed by atoms with van der Waals surface area (Å²) in [5.74, 6) is 0.814. The molecule has 74 valence electrons. The molecule has 4 nitrogen and oxygen atoms in total. The van der Waals surface area contributed by atoms with E-state index in [-0.39, 0.29) is 0 Å². The van der Waals surface area contributed by atoms with E-state index in [9.17, 15) is 0 Å². The van der Waals surface area contributed by atoms with Gasteiger partial charge in [-0.15, -0.1) is 0 Å². The van der Waals surface area contributed by atoms with Gasteiger partial charge in [-0.2, -0.15) is 0 Å². The number of anilines is 1. The van der Waals surface area contributed by atoms with E-state index >= 15 is 0 Å². The van der Waals surface area contributed by atoms with Gasteiger partial charge in [-0.25, -0.2) is 9.97 Å². The van der Waals surface area contributed by atoms with Crippen LogP contribution in [0.15, 0.2) is 18.7 Å². The summed E-state index contributed by atoms with van der Waals surface area (Å²) in [4.78, 5) is 10.5. The second-order valence-electron chi connectivity index (χ2n) is 4.21. The monoisotopic (exact) mass is 190 g/mol. The van der Waals surface area contributed by atoms with Crippen LogP contribution in [-0.2, 0) is 0 Å². The fraction of sp³-hybridized carbons (Fsp3) is 0.600. The van der Waals surface area contributed by atoms with Crippen molar-refractivity contribution < 1.29 is 0 Å². The third-order valence-corrected chi connectivity index (χ3v) is 3.14. The molecule has 4 heteroatoms. The Kier molecular flexibility index (Phi) is 1.87. The highest BCUT2D eigenvalue weighted by Crippen LogP contribution is 2.25. The van der Waals surface area contributed by atoms with Gasteiger partial charge in [-0.1, -0.05) is 0 Å². The summed E-state index contributed by atoms with van der Waals surface area (Å²) >= 11 is 0. The van der Waals surface area contributed by atoms with Gasteiger partial charge < -0.3 is 10.2 Å². The molecule has 1 N–H and O–H groups in total. The standard InChI is InChI=1S/C10H14N4/c1-8-2-13-9(1)6-14(5-8)10-3-11-7-12-4-10/h3-4,7-9,13H,1-2,5-6H2. The van der Waals surface area contributed by atoms with Gasteiger partial charge in [-0.05, 0) is 12.3 Å². The molecule has 1 aromatic rings. The number of nitrogens with one attached hydrogen (secondary N) is 1. The summed E-state index contributed by atoms with van der Waals surface area (Å²) in [6.45, 7) is 3.43. The second kappa shape index (κ2) is 3.20. The van der Waals surface area contributed by atoms with Gasteiger partial charge in [0.1, 0.15) is 6.33 Å². The van der Waals surface area contributed by atoms with Crippen molar-refractivity contribution in [1.82, 2.24) is 15.3 Å². The van der Waals surface area contributed by atoms with Crippen LogP contribution < -0.4 is 10.2 Å². The molecule has 2 saturated heterocycles. The Labute approximate surface area is 83.4 Å². The fourth-order valence-electron chi connectivity index (χ4n) is 2.50.